The normalized spacial score (nSPS) is 13.1. The Morgan fingerprint density at radius 1 is 0.875 bits per heavy atom. The van der Waals surface area contributed by atoms with Crippen LogP contribution in [0.25, 0.3) is 0 Å². The number of hydrogen-bond donors (Lipinski definition) is 3. The van der Waals surface area contributed by atoms with Crippen LogP contribution >= 0.6 is 0 Å². The molecular weight excluding hydrogens is 308 g/mol. The minimum absolute atomic E-state index is 0.0622. The topological polar surface area (TPSA) is 94.8 Å². The Hall–Kier alpha value is -2.82. The second-order valence-corrected chi connectivity index (χ2v) is 6.47. The predicted molar refractivity (Wildman–Crippen MR) is 87.9 cm³/mol. The van der Waals surface area contributed by atoms with Crippen molar-refractivity contribution in [3.05, 3.63) is 52.1 Å². The Bertz CT molecular complexity index is 865. The van der Waals surface area contributed by atoms with E-state index in [1.54, 1.807) is 0 Å². The second-order valence-electron chi connectivity index (χ2n) is 6.47. The first kappa shape index (κ1) is 16.1. The van der Waals surface area contributed by atoms with E-state index in [1.165, 1.54) is 24.3 Å². The summed E-state index contributed by atoms with van der Waals surface area (Å²) < 4.78 is 0. The molecule has 0 bridgehead atoms. The minimum Gasteiger partial charge on any atom is -0.508 e. The lowest BCUT2D eigenvalue weighted by Gasteiger charge is -2.22. The highest BCUT2D eigenvalue weighted by atomic mass is 16.3. The lowest BCUT2D eigenvalue weighted by atomic mass is 9.79. The lowest BCUT2D eigenvalue weighted by molar-refractivity contribution is 0.0973. The van der Waals surface area contributed by atoms with Crippen LogP contribution < -0.4 is 0 Å². The van der Waals surface area contributed by atoms with Crippen molar-refractivity contribution in [1.29, 1.82) is 0 Å². The molecule has 0 aromatic heterocycles. The van der Waals surface area contributed by atoms with Gasteiger partial charge in [0, 0.05) is 11.1 Å². The minimum atomic E-state index is -0.574. The number of ketones is 2. The molecule has 0 spiro atoms. The highest BCUT2D eigenvalue weighted by Gasteiger charge is 2.36. The maximum Gasteiger partial charge on any atom is 0.198 e. The van der Waals surface area contributed by atoms with Crippen LogP contribution in [0.3, 0.4) is 0 Å². The molecule has 3 N–H and O–H groups in total. The highest BCUT2D eigenvalue weighted by molar-refractivity contribution is 6.30. The van der Waals surface area contributed by atoms with Gasteiger partial charge < -0.3 is 15.3 Å². The second kappa shape index (κ2) is 5.67. The first-order valence-electron chi connectivity index (χ1n) is 7.81. The summed E-state index contributed by atoms with van der Waals surface area (Å²) in [4.78, 5) is 25.6. The number of carbonyl (C=O) groups excluding carboxylic acids is 2. The molecule has 0 fully saturated rings. The van der Waals surface area contributed by atoms with Crippen molar-refractivity contribution >= 4 is 11.6 Å². The highest BCUT2D eigenvalue weighted by Crippen LogP contribution is 2.40. The molecule has 2 aromatic carbocycles. The van der Waals surface area contributed by atoms with E-state index >= 15 is 0 Å². The number of benzene rings is 2. The van der Waals surface area contributed by atoms with Crippen LogP contribution in [-0.2, 0) is 6.42 Å². The van der Waals surface area contributed by atoms with E-state index in [1.807, 2.05) is 13.8 Å². The molecule has 3 rings (SSSR count). The summed E-state index contributed by atoms with van der Waals surface area (Å²) in [5, 5.41) is 29.9. The van der Waals surface area contributed by atoms with Gasteiger partial charge in [-0.2, -0.15) is 0 Å². The summed E-state index contributed by atoms with van der Waals surface area (Å²) in [6, 6.07) is 5.09. The van der Waals surface area contributed by atoms with Gasteiger partial charge in [0.05, 0.1) is 11.1 Å². The molecule has 0 saturated carbocycles. The molecule has 0 heterocycles. The maximum atomic E-state index is 12.9. The fraction of sp³-hybridized carbons (Fsp3) is 0.263. The summed E-state index contributed by atoms with van der Waals surface area (Å²) in [6.45, 7) is 4.09. The number of aryl methyl sites for hydroxylation is 1. The Balaban J connectivity index is 2.24. The van der Waals surface area contributed by atoms with Gasteiger partial charge in [-0.3, -0.25) is 9.59 Å². The van der Waals surface area contributed by atoms with E-state index in [2.05, 4.69) is 0 Å². The molecule has 0 saturated heterocycles. The summed E-state index contributed by atoms with van der Waals surface area (Å²) >= 11 is 0. The van der Waals surface area contributed by atoms with Gasteiger partial charge in [-0.05, 0) is 48.6 Å². The molecule has 1 aliphatic carbocycles. The number of rotatable bonds is 3. The summed E-state index contributed by atoms with van der Waals surface area (Å²) in [5.74, 6) is -1.49. The van der Waals surface area contributed by atoms with Gasteiger partial charge in [0.15, 0.2) is 11.6 Å². The van der Waals surface area contributed by atoms with Gasteiger partial charge in [-0.1, -0.05) is 13.8 Å². The molecular formula is C19H18O5. The zero-order valence-electron chi connectivity index (χ0n) is 13.5. The molecule has 2 aromatic rings. The smallest absolute Gasteiger partial charge is 0.198 e. The fourth-order valence-electron chi connectivity index (χ4n) is 3.07. The van der Waals surface area contributed by atoms with Crippen LogP contribution in [0.15, 0.2) is 24.3 Å². The zero-order valence-corrected chi connectivity index (χ0v) is 13.5. The van der Waals surface area contributed by atoms with Gasteiger partial charge in [0.2, 0.25) is 0 Å². The third kappa shape index (κ3) is 2.42. The number of phenols is 3. The van der Waals surface area contributed by atoms with E-state index in [4.69, 9.17) is 0 Å². The van der Waals surface area contributed by atoms with Crippen LogP contribution in [0.2, 0.25) is 0 Å². The van der Waals surface area contributed by atoms with Crippen molar-refractivity contribution in [2.75, 3.05) is 0 Å². The number of phenolic OH excluding ortho intramolecular Hbond substituents is 3. The molecule has 0 aliphatic heterocycles. The molecule has 5 heteroatoms. The first-order valence-corrected chi connectivity index (χ1v) is 7.81. The van der Waals surface area contributed by atoms with E-state index in [0.717, 1.165) is 6.42 Å². The van der Waals surface area contributed by atoms with Crippen molar-refractivity contribution < 1.29 is 24.9 Å². The van der Waals surface area contributed by atoms with Crippen molar-refractivity contribution in [1.82, 2.24) is 0 Å². The van der Waals surface area contributed by atoms with E-state index < -0.39 is 11.6 Å². The summed E-state index contributed by atoms with van der Waals surface area (Å²) in [6.07, 6.45) is 1.32. The van der Waals surface area contributed by atoms with Gasteiger partial charge in [-0.25, -0.2) is 0 Å². The maximum absolute atomic E-state index is 12.9. The third-order valence-electron chi connectivity index (χ3n) is 4.28. The lowest BCUT2D eigenvalue weighted by Crippen LogP contribution is -2.23. The zero-order chi connectivity index (χ0) is 17.6. The van der Waals surface area contributed by atoms with Crippen molar-refractivity contribution in [3.63, 3.8) is 0 Å². The molecule has 5 nitrogen and oxygen atoms in total. The van der Waals surface area contributed by atoms with Crippen LogP contribution in [0, 0.1) is 5.92 Å². The van der Waals surface area contributed by atoms with E-state index in [-0.39, 0.29) is 39.5 Å². The summed E-state index contributed by atoms with van der Waals surface area (Å²) in [5.41, 5.74) is 0.446. The Morgan fingerprint density at radius 2 is 1.46 bits per heavy atom. The van der Waals surface area contributed by atoms with Gasteiger partial charge in [0.1, 0.15) is 17.2 Å². The van der Waals surface area contributed by atoms with Gasteiger partial charge in [0.25, 0.3) is 0 Å². The Morgan fingerprint density at radius 3 is 2.04 bits per heavy atom. The van der Waals surface area contributed by atoms with Crippen molar-refractivity contribution in [2.24, 2.45) is 5.92 Å². The molecule has 0 amide bonds. The Labute approximate surface area is 139 Å². The van der Waals surface area contributed by atoms with Crippen LogP contribution in [0.1, 0.15) is 57.7 Å². The van der Waals surface area contributed by atoms with Gasteiger partial charge in [-0.15, -0.1) is 0 Å². The number of fused-ring (bicyclic) bond motifs is 2. The monoisotopic (exact) mass is 326 g/mol. The van der Waals surface area contributed by atoms with Crippen LogP contribution in [0.5, 0.6) is 17.2 Å². The van der Waals surface area contributed by atoms with Gasteiger partial charge >= 0.3 is 0 Å². The van der Waals surface area contributed by atoms with Crippen LogP contribution in [0.4, 0.5) is 0 Å². The van der Waals surface area contributed by atoms with E-state index in [9.17, 15) is 24.9 Å². The largest absolute Gasteiger partial charge is 0.508 e. The third-order valence-corrected chi connectivity index (χ3v) is 4.28. The molecule has 1 aliphatic rings. The quantitative estimate of drug-likeness (QED) is 0.643. The summed E-state index contributed by atoms with van der Waals surface area (Å²) in [7, 11) is 0. The standard InChI is InChI=1S/C19H18O5/c1-9(2)3-4-10-7-11(20)8-12-15(10)19(24)17-14(22)6-5-13(21)16(17)18(12)23/h5-9,20-22H,3-4H2,1-2H3. The average Bonchev–Trinajstić information content (AvgIpc) is 2.52. The molecule has 0 radical (unpaired) electrons. The first-order chi connectivity index (χ1) is 11.3. The van der Waals surface area contributed by atoms with Crippen molar-refractivity contribution in [2.45, 2.75) is 26.7 Å². The molecule has 124 valence electrons. The van der Waals surface area contributed by atoms with E-state index in [0.29, 0.717) is 17.9 Å². The molecule has 0 atom stereocenters. The average molecular weight is 326 g/mol. The number of hydrogen-bond acceptors (Lipinski definition) is 5. The molecule has 0 unspecified atom stereocenters. The predicted octanol–water partition coefficient (Wildman–Crippen LogP) is 3.17. The van der Waals surface area contributed by atoms with Crippen molar-refractivity contribution in [3.8, 4) is 17.2 Å². The molecule has 24 heavy (non-hydrogen) atoms. The SMILES string of the molecule is CC(C)CCc1cc(O)cc2c1C(=O)c1c(O)ccc(O)c1C2=O. The Kier molecular flexibility index (Phi) is 3.79. The fourth-order valence-corrected chi connectivity index (χ4v) is 3.07. The number of aromatic hydroxyl groups is 3. The van der Waals surface area contributed by atoms with Crippen LogP contribution in [-0.4, -0.2) is 26.9 Å². The number of carbonyl (C=O) groups is 2.